The standard InChI is InChI=1S/C13H16O3/c1-3-9-5-7-10(8-6-9)11(4-2)12(14)13(15)16/h5-8,11H,3-4H2,1-2H3,(H,15,16). The van der Waals surface area contributed by atoms with Gasteiger partial charge < -0.3 is 5.11 Å². The Morgan fingerprint density at radius 3 is 2.12 bits per heavy atom. The van der Waals surface area contributed by atoms with Gasteiger partial charge in [-0.25, -0.2) is 4.79 Å². The summed E-state index contributed by atoms with van der Waals surface area (Å²) in [5.41, 5.74) is 1.97. The molecule has 0 saturated heterocycles. The van der Waals surface area contributed by atoms with Crippen LogP contribution in [0.4, 0.5) is 0 Å². The number of aryl methyl sites for hydroxylation is 1. The van der Waals surface area contributed by atoms with Crippen LogP contribution in [0.2, 0.25) is 0 Å². The number of hydrogen-bond acceptors (Lipinski definition) is 2. The van der Waals surface area contributed by atoms with Crippen molar-refractivity contribution in [2.45, 2.75) is 32.6 Å². The second-order valence-electron chi connectivity index (χ2n) is 3.73. The van der Waals surface area contributed by atoms with Crippen molar-refractivity contribution in [2.75, 3.05) is 0 Å². The van der Waals surface area contributed by atoms with E-state index in [1.54, 1.807) is 0 Å². The SMILES string of the molecule is CCc1ccc(C(CC)C(=O)C(=O)O)cc1. The Balaban J connectivity index is 2.95. The largest absolute Gasteiger partial charge is 0.475 e. The van der Waals surface area contributed by atoms with Gasteiger partial charge in [-0.05, 0) is 24.0 Å². The summed E-state index contributed by atoms with van der Waals surface area (Å²) in [7, 11) is 0. The molecule has 0 aliphatic carbocycles. The van der Waals surface area contributed by atoms with Gasteiger partial charge in [0.15, 0.2) is 0 Å². The molecule has 3 heteroatoms. The van der Waals surface area contributed by atoms with Gasteiger partial charge in [-0.3, -0.25) is 4.79 Å². The first kappa shape index (κ1) is 12.4. The Labute approximate surface area is 95.1 Å². The molecule has 0 spiro atoms. The van der Waals surface area contributed by atoms with Crippen molar-refractivity contribution in [3.8, 4) is 0 Å². The number of aliphatic carboxylic acids is 1. The molecule has 0 radical (unpaired) electrons. The molecule has 16 heavy (non-hydrogen) atoms. The van der Waals surface area contributed by atoms with Crippen LogP contribution in [0.25, 0.3) is 0 Å². The van der Waals surface area contributed by atoms with Crippen LogP contribution in [0, 0.1) is 0 Å². The van der Waals surface area contributed by atoms with Crippen LogP contribution in [-0.2, 0) is 16.0 Å². The Hall–Kier alpha value is -1.64. The first-order valence-corrected chi connectivity index (χ1v) is 5.46. The monoisotopic (exact) mass is 220 g/mol. The highest BCUT2D eigenvalue weighted by atomic mass is 16.4. The second kappa shape index (κ2) is 5.45. The Morgan fingerprint density at radius 2 is 1.75 bits per heavy atom. The Bertz CT molecular complexity index is 379. The fourth-order valence-electron chi connectivity index (χ4n) is 1.71. The van der Waals surface area contributed by atoms with Crippen LogP contribution in [0.5, 0.6) is 0 Å². The molecule has 3 nitrogen and oxygen atoms in total. The van der Waals surface area contributed by atoms with E-state index < -0.39 is 17.7 Å². The van der Waals surface area contributed by atoms with Crippen LogP contribution >= 0.6 is 0 Å². The first-order chi connectivity index (χ1) is 7.60. The molecule has 0 fully saturated rings. The summed E-state index contributed by atoms with van der Waals surface area (Å²) in [6, 6.07) is 7.56. The van der Waals surface area contributed by atoms with E-state index in [4.69, 9.17) is 5.11 Å². The molecule has 1 aromatic rings. The molecule has 1 unspecified atom stereocenters. The third-order valence-corrected chi connectivity index (χ3v) is 2.73. The summed E-state index contributed by atoms with van der Waals surface area (Å²) >= 11 is 0. The first-order valence-electron chi connectivity index (χ1n) is 5.46. The van der Waals surface area contributed by atoms with Gasteiger partial charge in [-0.1, -0.05) is 38.1 Å². The van der Waals surface area contributed by atoms with Crippen LogP contribution in [0.3, 0.4) is 0 Å². The summed E-state index contributed by atoms with van der Waals surface area (Å²) in [6.45, 7) is 3.87. The maximum absolute atomic E-state index is 11.4. The van der Waals surface area contributed by atoms with Crippen LogP contribution in [0.15, 0.2) is 24.3 Å². The van der Waals surface area contributed by atoms with Crippen LogP contribution in [0.1, 0.15) is 37.3 Å². The average Bonchev–Trinajstić information content (AvgIpc) is 2.30. The molecule has 86 valence electrons. The molecule has 1 N–H and O–H groups in total. The van der Waals surface area contributed by atoms with Gasteiger partial charge >= 0.3 is 5.97 Å². The van der Waals surface area contributed by atoms with Gasteiger partial charge in [0.2, 0.25) is 5.78 Å². The highest BCUT2D eigenvalue weighted by Crippen LogP contribution is 2.21. The van der Waals surface area contributed by atoms with Crippen LogP contribution in [-0.4, -0.2) is 16.9 Å². The van der Waals surface area contributed by atoms with Gasteiger partial charge in [-0.2, -0.15) is 0 Å². The van der Waals surface area contributed by atoms with Crippen molar-refractivity contribution < 1.29 is 14.7 Å². The molecule has 1 rings (SSSR count). The molecule has 1 aromatic carbocycles. The molecule has 0 aliphatic heterocycles. The van der Waals surface area contributed by atoms with Gasteiger partial charge in [0.1, 0.15) is 0 Å². The van der Waals surface area contributed by atoms with Gasteiger partial charge in [0, 0.05) is 0 Å². The summed E-state index contributed by atoms with van der Waals surface area (Å²) < 4.78 is 0. The molecule has 0 aromatic heterocycles. The van der Waals surface area contributed by atoms with Crippen molar-refractivity contribution in [3.63, 3.8) is 0 Å². The number of carbonyl (C=O) groups excluding carboxylic acids is 1. The van der Waals surface area contributed by atoms with Gasteiger partial charge in [0.25, 0.3) is 0 Å². The van der Waals surface area contributed by atoms with Crippen molar-refractivity contribution in [3.05, 3.63) is 35.4 Å². The molecule has 1 atom stereocenters. The van der Waals surface area contributed by atoms with E-state index in [9.17, 15) is 9.59 Å². The molecular formula is C13H16O3. The highest BCUT2D eigenvalue weighted by Gasteiger charge is 2.24. The molecule has 0 amide bonds. The summed E-state index contributed by atoms with van der Waals surface area (Å²) in [5, 5.41) is 8.70. The lowest BCUT2D eigenvalue weighted by molar-refractivity contribution is -0.149. The zero-order valence-corrected chi connectivity index (χ0v) is 9.56. The van der Waals surface area contributed by atoms with E-state index >= 15 is 0 Å². The van der Waals surface area contributed by atoms with Crippen molar-refractivity contribution >= 4 is 11.8 Å². The zero-order chi connectivity index (χ0) is 12.1. The van der Waals surface area contributed by atoms with Gasteiger partial charge in [0.05, 0.1) is 5.92 Å². The lowest BCUT2D eigenvalue weighted by atomic mass is 9.91. The third-order valence-electron chi connectivity index (χ3n) is 2.73. The van der Waals surface area contributed by atoms with Crippen molar-refractivity contribution in [1.29, 1.82) is 0 Å². The fraction of sp³-hybridized carbons (Fsp3) is 0.385. The molecule has 0 heterocycles. The van der Waals surface area contributed by atoms with E-state index in [2.05, 4.69) is 6.92 Å². The van der Waals surface area contributed by atoms with Crippen molar-refractivity contribution in [1.82, 2.24) is 0 Å². The maximum Gasteiger partial charge on any atom is 0.372 e. The number of benzene rings is 1. The number of carbonyl (C=O) groups is 2. The second-order valence-corrected chi connectivity index (χ2v) is 3.73. The van der Waals surface area contributed by atoms with Crippen molar-refractivity contribution in [2.24, 2.45) is 0 Å². The minimum Gasteiger partial charge on any atom is -0.475 e. The molecular weight excluding hydrogens is 204 g/mol. The number of hydrogen-bond donors (Lipinski definition) is 1. The molecule has 0 aliphatic rings. The van der Waals surface area contributed by atoms with E-state index in [-0.39, 0.29) is 0 Å². The minimum absolute atomic E-state index is 0.511. The summed E-state index contributed by atoms with van der Waals surface area (Å²) in [5.74, 6) is -2.61. The minimum atomic E-state index is -1.36. The predicted octanol–water partition coefficient (Wildman–Crippen LogP) is 2.40. The Kier molecular flexibility index (Phi) is 4.23. The predicted molar refractivity (Wildman–Crippen MR) is 61.5 cm³/mol. The van der Waals surface area contributed by atoms with Crippen LogP contribution < -0.4 is 0 Å². The van der Waals surface area contributed by atoms with Gasteiger partial charge in [-0.15, -0.1) is 0 Å². The number of ketones is 1. The number of carboxylic acids is 1. The normalized spacial score (nSPS) is 12.1. The summed E-state index contributed by atoms with van der Waals surface area (Å²) in [6.07, 6.45) is 1.44. The summed E-state index contributed by atoms with van der Waals surface area (Å²) in [4.78, 5) is 22.1. The van der Waals surface area contributed by atoms with E-state index in [0.29, 0.717) is 6.42 Å². The lowest BCUT2D eigenvalue weighted by Gasteiger charge is -2.11. The average molecular weight is 220 g/mol. The van der Waals surface area contributed by atoms with E-state index in [1.807, 2.05) is 31.2 Å². The smallest absolute Gasteiger partial charge is 0.372 e. The highest BCUT2D eigenvalue weighted by molar-refractivity contribution is 6.34. The van der Waals surface area contributed by atoms with E-state index in [1.165, 1.54) is 5.56 Å². The number of Topliss-reactive ketones (excluding diaryl/α,β-unsaturated/α-hetero) is 1. The topological polar surface area (TPSA) is 54.4 Å². The Morgan fingerprint density at radius 1 is 1.19 bits per heavy atom. The maximum atomic E-state index is 11.4. The third kappa shape index (κ3) is 2.69. The number of rotatable bonds is 5. The molecule has 0 bridgehead atoms. The fourth-order valence-corrected chi connectivity index (χ4v) is 1.71. The molecule has 0 saturated carbocycles. The van der Waals surface area contributed by atoms with E-state index in [0.717, 1.165) is 12.0 Å². The number of carboxylic acid groups (broad SMARTS) is 1. The zero-order valence-electron chi connectivity index (χ0n) is 9.56. The lowest BCUT2D eigenvalue weighted by Crippen LogP contribution is -2.21. The quantitative estimate of drug-likeness (QED) is 0.775.